The Morgan fingerprint density at radius 1 is 1.15 bits per heavy atom. The molecule has 4 heteroatoms. The number of thiocyanates is 2. The first-order valence-electron chi connectivity index (χ1n) is 3.50. The molecule has 0 atom stereocenters. The van der Waals surface area contributed by atoms with Gasteiger partial charge in [-0.3, -0.25) is 0 Å². The molecule has 0 bridgehead atoms. The number of hydrogen-bond acceptors (Lipinski definition) is 4. The monoisotopic (exact) mass is 206 g/mol. The molecule has 0 fully saturated rings. The maximum absolute atomic E-state index is 8.51. The third-order valence-corrected chi connectivity index (χ3v) is 2.81. The lowest BCUT2D eigenvalue weighted by molar-refractivity contribution is 1.24. The standard InChI is InChI=1S/C9H6N2S2/c1-7-2-3-8(12-5-10)4-9(7)13-6-11/h2-4H,1H3. The molecule has 0 saturated carbocycles. The zero-order valence-corrected chi connectivity index (χ0v) is 8.58. The molecule has 0 spiro atoms. The molecular weight excluding hydrogens is 200 g/mol. The van der Waals surface area contributed by atoms with Crippen molar-refractivity contribution in [1.82, 2.24) is 0 Å². The summed E-state index contributed by atoms with van der Waals surface area (Å²) in [6, 6.07) is 5.65. The minimum atomic E-state index is 0.880. The molecule has 1 aromatic rings. The van der Waals surface area contributed by atoms with Gasteiger partial charge in [0.1, 0.15) is 10.8 Å². The van der Waals surface area contributed by atoms with Crippen LogP contribution in [-0.4, -0.2) is 0 Å². The highest BCUT2D eigenvalue weighted by Gasteiger charge is 2.00. The van der Waals surface area contributed by atoms with Crippen LogP contribution in [0.15, 0.2) is 28.0 Å². The zero-order valence-electron chi connectivity index (χ0n) is 6.94. The van der Waals surface area contributed by atoms with Gasteiger partial charge in [-0.15, -0.1) is 0 Å². The van der Waals surface area contributed by atoms with Crippen LogP contribution in [0.2, 0.25) is 0 Å². The predicted molar refractivity (Wildman–Crippen MR) is 54.1 cm³/mol. The molecule has 0 N–H and O–H groups in total. The molecule has 2 nitrogen and oxygen atoms in total. The van der Waals surface area contributed by atoms with Gasteiger partial charge in [-0.25, -0.2) is 0 Å². The van der Waals surface area contributed by atoms with Gasteiger partial charge in [0.15, 0.2) is 0 Å². The summed E-state index contributed by atoms with van der Waals surface area (Å²) in [5.74, 6) is 0. The van der Waals surface area contributed by atoms with Crippen molar-refractivity contribution in [3.8, 4) is 10.8 Å². The van der Waals surface area contributed by atoms with Crippen LogP contribution in [0.5, 0.6) is 0 Å². The van der Waals surface area contributed by atoms with E-state index in [1.54, 1.807) is 0 Å². The number of nitrogens with zero attached hydrogens (tertiary/aromatic N) is 2. The van der Waals surface area contributed by atoms with Crippen molar-refractivity contribution < 1.29 is 0 Å². The van der Waals surface area contributed by atoms with Gasteiger partial charge in [0.25, 0.3) is 0 Å². The van der Waals surface area contributed by atoms with Crippen molar-refractivity contribution in [3.05, 3.63) is 23.8 Å². The van der Waals surface area contributed by atoms with Crippen LogP contribution in [0.3, 0.4) is 0 Å². The summed E-state index contributed by atoms with van der Waals surface area (Å²) in [7, 11) is 0. The summed E-state index contributed by atoms with van der Waals surface area (Å²) in [6.45, 7) is 1.94. The Kier molecular flexibility index (Phi) is 3.70. The third-order valence-electron chi connectivity index (χ3n) is 1.48. The van der Waals surface area contributed by atoms with E-state index in [0.717, 1.165) is 38.9 Å². The number of thioether (sulfide) groups is 2. The maximum Gasteiger partial charge on any atom is 0.138 e. The van der Waals surface area contributed by atoms with E-state index >= 15 is 0 Å². The molecule has 0 amide bonds. The van der Waals surface area contributed by atoms with E-state index in [0.29, 0.717) is 0 Å². The van der Waals surface area contributed by atoms with Crippen LogP contribution in [-0.2, 0) is 0 Å². The summed E-state index contributed by atoms with van der Waals surface area (Å²) >= 11 is 2.23. The van der Waals surface area contributed by atoms with E-state index in [1.807, 2.05) is 35.9 Å². The Morgan fingerprint density at radius 3 is 2.46 bits per heavy atom. The van der Waals surface area contributed by atoms with E-state index in [-0.39, 0.29) is 0 Å². The molecule has 0 radical (unpaired) electrons. The van der Waals surface area contributed by atoms with Crippen LogP contribution in [0, 0.1) is 28.3 Å². The Bertz CT molecular complexity index is 388. The second-order valence-electron chi connectivity index (χ2n) is 2.31. The van der Waals surface area contributed by atoms with Crippen LogP contribution in [0.1, 0.15) is 5.56 Å². The highest BCUT2D eigenvalue weighted by atomic mass is 32.2. The van der Waals surface area contributed by atoms with Crippen molar-refractivity contribution in [3.63, 3.8) is 0 Å². The molecular formula is C9H6N2S2. The first-order valence-corrected chi connectivity index (χ1v) is 5.13. The van der Waals surface area contributed by atoms with E-state index in [4.69, 9.17) is 10.5 Å². The van der Waals surface area contributed by atoms with Crippen molar-refractivity contribution in [1.29, 1.82) is 10.5 Å². The molecule has 0 aliphatic carbocycles. The van der Waals surface area contributed by atoms with E-state index in [9.17, 15) is 0 Å². The molecule has 0 saturated heterocycles. The molecule has 0 aromatic heterocycles. The molecule has 0 aliphatic heterocycles. The average molecular weight is 206 g/mol. The average Bonchev–Trinajstić information content (AvgIpc) is 2.12. The van der Waals surface area contributed by atoms with Crippen LogP contribution >= 0.6 is 23.5 Å². The largest absolute Gasteiger partial charge is 0.185 e. The van der Waals surface area contributed by atoms with Gasteiger partial charge in [0, 0.05) is 9.79 Å². The minimum absolute atomic E-state index is 0.880. The lowest BCUT2D eigenvalue weighted by Gasteiger charge is -2.00. The van der Waals surface area contributed by atoms with Gasteiger partial charge in [-0.2, -0.15) is 10.5 Å². The van der Waals surface area contributed by atoms with Crippen LogP contribution in [0.4, 0.5) is 0 Å². The van der Waals surface area contributed by atoms with E-state index < -0.39 is 0 Å². The number of aryl methyl sites for hydroxylation is 1. The fraction of sp³-hybridized carbons (Fsp3) is 0.111. The van der Waals surface area contributed by atoms with E-state index in [1.165, 1.54) is 0 Å². The molecule has 0 unspecified atom stereocenters. The summed E-state index contributed by atoms with van der Waals surface area (Å²) in [6.07, 6.45) is 0. The number of hydrogen-bond donors (Lipinski definition) is 0. The number of benzene rings is 1. The van der Waals surface area contributed by atoms with Gasteiger partial charge in [0.2, 0.25) is 0 Å². The Labute approximate surface area is 85.6 Å². The lowest BCUT2D eigenvalue weighted by atomic mass is 10.2. The Hall–Kier alpha value is -1.10. The highest BCUT2D eigenvalue weighted by Crippen LogP contribution is 2.26. The predicted octanol–water partition coefficient (Wildman–Crippen LogP) is 3.14. The fourth-order valence-corrected chi connectivity index (χ4v) is 1.86. The minimum Gasteiger partial charge on any atom is -0.185 e. The highest BCUT2D eigenvalue weighted by molar-refractivity contribution is 8.04. The van der Waals surface area contributed by atoms with Gasteiger partial charge in [0.05, 0.1) is 0 Å². The second-order valence-corrected chi connectivity index (χ2v) is 4.00. The second kappa shape index (κ2) is 4.81. The Morgan fingerprint density at radius 2 is 1.85 bits per heavy atom. The summed E-state index contributed by atoms with van der Waals surface area (Å²) in [5, 5.41) is 21.0. The fourth-order valence-electron chi connectivity index (χ4n) is 0.856. The smallest absolute Gasteiger partial charge is 0.138 e. The summed E-state index contributed by atoms with van der Waals surface area (Å²) < 4.78 is 0. The van der Waals surface area contributed by atoms with E-state index in [2.05, 4.69) is 0 Å². The quantitative estimate of drug-likeness (QED) is 0.551. The van der Waals surface area contributed by atoms with Crippen LogP contribution < -0.4 is 0 Å². The van der Waals surface area contributed by atoms with Crippen LogP contribution in [0.25, 0.3) is 0 Å². The van der Waals surface area contributed by atoms with Crippen molar-refractivity contribution in [2.75, 3.05) is 0 Å². The molecule has 1 aromatic carbocycles. The first kappa shape index (κ1) is 9.98. The van der Waals surface area contributed by atoms with Gasteiger partial charge >= 0.3 is 0 Å². The molecule has 64 valence electrons. The molecule has 0 heterocycles. The third kappa shape index (κ3) is 2.69. The van der Waals surface area contributed by atoms with Gasteiger partial charge < -0.3 is 0 Å². The van der Waals surface area contributed by atoms with Crippen molar-refractivity contribution >= 4 is 23.5 Å². The Balaban J connectivity index is 2.99. The van der Waals surface area contributed by atoms with Gasteiger partial charge in [-0.1, -0.05) is 6.07 Å². The first-order chi connectivity index (χ1) is 6.27. The summed E-state index contributed by atoms with van der Waals surface area (Å²) in [4.78, 5) is 1.80. The maximum atomic E-state index is 8.51. The topological polar surface area (TPSA) is 47.6 Å². The number of nitriles is 2. The number of rotatable bonds is 2. The molecule has 1 rings (SSSR count). The normalized spacial score (nSPS) is 8.85. The SMILES string of the molecule is Cc1ccc(SC#N)cc1SC#N. The molecule has 0 aliphatic rings. The molecule has 13 heavy (non-hydrogen) atoms. The lowest BCUT2D eigenvalue weighted by Crippen LogP contribution is -1.78. The van der Waals surface area contributed by atoms with Gasteiger partial charge in [-0.05, 0) is 48.1 Å². The van der Waals surface area contributed by atoms with Crippen molar-refractivity contribution in [2.45, 2.75) is 16.7 Å². The van der Waals surface area contributed by atoms with Crippen molar-refractivity contribution in [2.24, 2.45) is 0 Å². The zero-order chi connectivity index (χ0) is 9.68. The summed E-state index contributed by atoms with van der Waals surface area (Å²) in [5.41, 5.74) is 1.06.